The monoisotopic (exact) mass is 466 g/mol. The molecule has 1 aromatic rings. The highest BCUT2D eigenvalue weighted by Crippen LogP contribution is 2.57. The van der Waals surface area contributed by atoms with E-state index in [-0.39, 0.29) is 11.6 Å². The third-order valence-electron chi connectivity index (χ3n) is 8.20. The molecule has 0 N–H and O–H groups in total. The lowest BCUT2D eigenvalue weighted by molar-refractivity contribution is 0.0847. The van der Waals surface area contributed by atoms with Gasteiger partial charge in [0.2, 0.25) is 0 Å². The molecule has 0 radical (unpaired) electrons. The van der Waals surface area contributed by atoms with Gasteiger partial charge in [0.1, 0.15) is 0 Å². The maximum absolute atomic E-state index is 13.2. The molecule has 3 rings (SSSR count). The Kier molecular flexibility index (Phi) is 8.95. The van der Waals surface area contributed by atoms with Gasteiger partial charge in [0.05, 0.1) is 0 Å². The highest BCUT2D eigenvalue weighted by molar-refractivity contribution is 6.25. The Balaban J connectivity index is 1.39. The highest BCUT2D eigenvalue weighted by atomic mass is 16.6. The summed E-state index contributed by atoms with van der Waals surface area (Å²) in [7, 11) is 0. The zero-order chi connectivity index (χ0) is 24.9. The number of fused-ring (bicyclic) bond motifs is 2. The van der Waals surface area contributed by atoms with Crippen molar-refractivity contribution >= 4 is 11.6 Å². The number of rotatable bonds is 14. The van der Waals surface area contributed by atoms with Crippen LogP contribution in [0.4, 0.5) is 0 Å². The normalized spacial score (nSPS) is 25.8. The summed E-state index contributed by atoms with van der Waals surface area (Å²) in [4.78, 5) is 26.1. The Morgan fingerprint density at radius 1 is 0.853 bits per heavy atom. The van der Waals surface area contributed by atoms with Crippen LogP contribution >= 0.6 is 0 Å². The van der Waals surface area contributed by atoms with Gasteiger partial charge in [-0.05, 0) is 44.4 Å². The summed E-state index contributed by atoms with van der Waals surface area (Å²) in [6, 6.07) is 7.12. The zero-order valence-corrected chi connectivity index (χ0v) is 22.4. The molecule has 0 unspecified atom stereocenters. The summed E-state index contributed by atoms with van der Waals surface area (Å²) in [5.41, 5.74) is 0.297. The van der Waals surface area contributed by atoms with Crippen LogP contribution in [0.15, 0.2) is 35.9 Å². The van der Waals surface area contributed by atoms with E-state index in [0.29, 0.717) is 17.5 Å². The summed E-state index contributed by atoms with van der Waals surface area (Å²) in [6.45, 7) is 13.3. The minimum atomic E-state index is -1.00. The van der Waals surface area contributed by atoms with Gasteiger partial charge in [-0.2, -0.15) is 0 Å². The summed E-state index contributed by atoms with van der Waals surface area (Å²) in [5, 5.41) is 0. The second kappa shape index (κ2) is 11.3. The zero-order valence-electron chi connectivity index (χ0n) is 22.4. The first kappa shape index (κ1) is 26.9. The van der Waals surface area contributed by atoms with Gasteiger partial charge in [0.25, 0.3) is 0 Å². The molecular formula is C31H46O3. The van der Waals surface area contributed by atoms with Gasteiger partial charge >= 0.3 is 0 Å². The molecule has 0 aromatic heterocycles. The number of Topliss-reactive ketones (excluding diaryl/α,β-unsaturated/α-hetero) is 2. The molecular weight excluding hydrogens is 420 g/mol. The van der Waals surface area contributed by atoms with Gasteiger partial charge in [0, 0.05) is 17.5 Å². The number of carbonyl (C=O) groups excluding carboxylic acids is 2. The third kappa shape index (κ3) is 5.90. The van der Waals surface area contributed by atoms with Crippen molar-refractivity contribution in [2.75, 3.05) is 0 Å². The highest BCUT2D eigenvalue weighted by Gasteiger charge is 2.77. The second-order valence-corrected chi connectivity index (χ2v) is 11.8. The fraction of sp³-hybridized carbons (Fsp3) is 0.677. The minimum Gasteiger partial charge on any atom is -0.345 e. The average Bonchev–Trinajstić information content (AvgIpc) is 3.43. The number of allylic oxidation sites excluding steroid dienone is 1. The Bertz CT molecular complexity index is 898. The van der Waals surface area contributed by atoms with Crippen LogP contribution in [0.5, 0.6) is 0 Å². The molecule has 1 saturated heterocycles. The lowest BCUT2D eigenvalue weighted by Crippen LogP contribution is -2.43. The van der Waals surface area contributed by atoms with E-state index >= 15 is 0 Å². The van der Waals surface area contributed by atoms with Crippen LogP contribution in [0.1, 0.15) is 126 Å². The molecule has 0 bridgehead atoms. The van der Waals surface area contributed by atoms with E-state index in [4.69, 9.17) is 4.74 Å². The van der Waals surface area contributed by atoms with Gasteiger partial charge in [-0.15, -0.1) is 0 Å². The van der Waals surface area contributed by atoms with Gasteiger partial charge in [-0.1, -0.05) is 109 Å². The maximum Gasteiger partial charge on any atom is 0.199 e. The van der Waals surface area contributed by atoms with Crippen molar-refractivity contribution in [3.63, 3.8) is 0 Å². The summed E-state index contributed by atoms with van der Waals surface area (Å²) in [5.74, 6) is 2.34. The van der Waals surface area contributed by atoms with Crippen LogP contribution in [0.25, 0.3) is 0 Å². The van der Waals surface area contributed by atoms with Crippen LogP contribution < -0.4 is 0 Å². The van der Waals surface area contributed by atoms with Crippen LogP contribution in [-0.4, -0.2) is 22.8 Å². The van der Waals surface area contributed by atoms with Crippen molar-refractivity contribution in [3.05, 3.63) is 47.0 Å². The molecule has 3 nitrogen and oxygen atoms in total. The number of ether oxygens (including phenoxy) is 1. The molecule has 1 aromatic carbocycles. The SMILES string of the molecule is C/C(=C\C[C@]12O[C@@]1(C)C(=O)c1ccccc1C2=O)CCC[C@@H](C)CCC[C@H](C)CCCC(C)C. The lowest BCUT2D eigenvalue weighted by atomic mass is 9.73. The predicted molar refractivity (Wildman–Crippen MR) is 140 cm³/mol. The molecule has 1 aliphatic carbocycles. The molecule has 0 saturated carbocycles. The van der Waals surface area contributed by atoms with Crippen LogP contribution in [0, 0.1) is 17.8 Å². The predicted octanol–water partition coefficient (Wildman–Crippen LogP) is 8.37. The first-order valence-electron chi connectivity index (χ1n) is 13.6. The molecule has 2 aliphatic rings. The largest absolute Gasteiger partial charge is 0.345 e. The first-order valence-corrected chi connectivity index (χ1v) is 13.6. The molecule has 0 amide bonds. The molecule has 0 spiro atoms. The quantitative estimate of drug-likeness (QED) is 0.204. The van der Waals surface area contributed by atoms with E-state index in [1.807, 2.05) is 12.1 Å². The van der Waals surface area contributed by atoms with Crippen LogP contribution in [0.2, 0.25) is 0 Å². The topological polar surface area (TPSA) is 46.7 Å². The number of carbonyl (C=O) groups is 2. The van der Waals surface area contributed by atoms with E-state index in [0.717, 1.165) is 24.2 Å². The molecule has 1 fully saturated rings. The Morgan fingerprint density at radius 3 is 1.97 bits per heavy atom. The maximum atomic E-state index is 13.2. The van der Waals surface area contributed by atoms with Gasteiger partial charge in [0.15, 0.2) is 22.8 Å². The van der Waals surface area contributed by atoms with Crippen molar-refractivity contribution in [1.82, 2.24) is 0 Å². The Hall–Kier alpha value is -1.74. The van der Waals surface area contributed by atoms with Crippen molar-refractivity contribution in [3.8, 4) is 0 Å². The van der Waals surface area contributed by atoms with E-state index in [1.54, 1.807) is 19.1 Å². The van der Waals surface area contributed by atoms with Gasteiger partial charge < -0.3 is 4.74 Å². The number of hydrogen-bond acceptors (Lipinski definition) is 3. The standard InChI is InChI=1S/C31H46O3/c1-22(2)12-9-13-23(3)14-10-15-24(4)16-11-17-25(5)20-21-31-29(33)27-19-8-7-18-26(27)28(32)30(31,6)34-31/h7-8,18-20,22-24H,9-17,21H2,1-6H3/b25-20+/t23-,24+,30+,31-/m1/s1. The van der Waals surface area contributed by atoms with Crippen molar-refractivity contribution in [2.45, 2.75) is 117 Å². The number of epoxide rings is 1. The summed E-state index contributed by atoms with van der Waals surface area (Å²) >= 11 is 0. The fourth-order valence-corrected chi connectivity index (χ4v) is 5.63. The smallest absolute Gasteiger partial charge is 0.199 e. The second-order valence-electron chi connectivity index (χ2n) is 11.8. The van der Waals surface area contributed by atoms with E-state index in [2.05, 4.69) is 40.7 Å². The number of benzene rings is 1. The van der Waals surface area contributed by atoms with E-state index < -0.39 is 11.2 Å². The van der Waals surface area contributed by atoms with Crippen molar-refractivity contribution < 1.29 is 14.3 Å². The Labute approximate surface area is 207 Å². The molecule has 34 heavy (non-hydrogen) atoms. The van der Waals surface area contributed by atoms with E-state index in [9.17, 15) is 9.59 Å². The van der Waals surface area contributed by atoms with Gasteiger partial charge in [-0.3, -0.25) is 9.59 Å². The number of ketones is 2. The van der Waals surface area contributed by atoms with Crippen LogP contribution in [-0.2, 0) is 4.74 Å². The van der Waals surface area contributed by atoms with Crippen molar-refractivity contribution in [1.29, 1.82) is 0 Å². The first-order chi connectivity index (χ1) is 16.1. The molecule has 4 atom stereocenters. The molecule has 3 heteroatoms. The molecule has 1 aliphatic heterocycles. The van der Waals surface area contributed by atoms with Crippen LogP contribution in [0.3, 0.4) is 0 Å². The lowest BCUT2D eigenvalue weighted by Gasteiger charge is -2.22. The molecule has 188 valence electrons. The summed E-state index contributed by atoms with van der Waals surface area (Å²) in [6.07, 6.45) is 14.2. The fourth-order valence-electron chi connectivity index (χ4n) is 5.63. The average molecular weight is 467 g/mol. The Morgan fingerprint density at radius 2 is 1.38 bits per heavy atom. The molecule has 1 heterocycles. The number of hydrogen-bond donors (Lipinski definition) is 0. The van der Waals surface area contributed by atoms with E-state index in [1.165, 1.54) is 56.9 Å². The van der Waals surface area contributed by atoms with Crippen molar-refractivity contribution in [2.24, 2.45) is 17.8 Å². The summed E-state index contributed by atoms with van der Waals surface area (Å²) < 4.78 is 5.91. The minimum absolute atomic E-state index is 0.0405. The van der Waals surface area contributed by atoms with Gasteiger partial charge in [-0.25, -0.2) is 0 Å². The third-order valence-corrected chi connectivity index (χ3v) is 8.20.